The number of benzene rings is 1. The molecule has 0 aliphatic carbocycles. The maximum absolute atomic E-state index is 11.0. The summed E-state index contributed by atoms with van der Waals surface area (Å²) in [5.41, 5.74) is 0.719. The quantitative estimate of drug-likeness (QED) is 0.784. The Morgan fingerprint density at radius 1 is 1.44 bits per heavy atom. The Balaban J connectivity index is 2.75. The van der Waals surface area contributed by atoms with Gasteiger partial charge in [0, 0.05) is 10.3 Å². The van der Waals surface area contributed by atoms with E-state index in [9.17, 15) is 4.79 Å². The molecular weight excluding hydrogens is 226 g/mol. The maximum Gasteiger partial charge on any atom is 0.341 e. The molecule has 4 nitrogen and oxygen atoms in total. The summed E-state index contributed by atoms with van der Waals surface area (Å²) in [6, 6.07) is 6.85. The monoisotopic (exact) mass is 235 g/mol. The molecule has 1 aromatic carbocycles. The molecule has 0 radical (unpaired) electrons. The first-order valence-corrected chi connectivity index (χ1v) is 4.97. The molecule has 16 heavy (non-hydrogen) atoms. The molecule has 0 saturated carbocycles. The van der Waals surface area contributed by atoms with Crippen molar-refractivity contribution in [3.05, 3.63) is 29.8 Å². The number of pyridine rings is 1. The summed E-state index contributed by atoms with van der Waals surface area (Å²) < 4.78 is 4.94. The smallest absolute Gasteiger partial charge is 0.341 e. The Morgan fingerprint density at radius 2 is 2.19 bits per heavy atom. The highest BCUT2D eigenvalue weighted by atomic mass is 32.1. The highest BCUT2D eigenvalue weighted by molar-refractivity contribution is 7.80. The van der Waals surface area contributed by atoms with E-state index in [-0.39, 0.29) is 11.4 Å². The molecule has 0 aliphatic heterocycles. The zero-order valence-electron chi connectivity index (χ0n) is 8.47. The van der Waals surface area contributed by atoms with E-state index in [1.165, 1.54) is 13.2 Å². The first-order valence-electron chi connectivity index (χ1n) is 4.53. The number of thiol groups is 1. The van der Waals surface area contributed by atoms with Crippen molar-refractivity contribution < 1.29 is 14.6 Å². The van der Waals surface area contributed by atoms with E-state index in [2.05, 4.69) is 17.6 Å². The van der Waals surface area contributed by atoms with Gasteiger partial charge in [-0.1, -0.05) is 6.07 Å². The van der Waals surface area contributed by atoms with Gasteiger partial charge in [0.05, 0.1) is 12.6 Å². The highest BCUT2D eigenvalue weighted by Gasteiger charge is 2.13. The molecule has 1 heterocycles. The van der Waals surface area contributed by atoms with Crippen LogP contribution in [-0.4, -0.2) is 23.2 Å². The molecule has 2 aromatic rings. The van der Waals surface area contributed by atoms with Crippen molar-refractivity contribution in [1.29, 1.82) is 0 Å². The Morgan fingerprint density at radius 3 is 2.81 bits per heavy atom. The van der Waals surface area contributed by atoms with E-state index in [0.29, 0.717) is 5.52 Å². The number of aromatic carboxylic acids is 1. The number of methoxy groups -OCH3 is 1. The normalized spacial score (nSPS) is 10.4. The molecule has 2 rings (SSSR count). The predicted molar refractivity (Wildman–Crippen MR) is 62.5 cm³/mol. The second-order valence-corrected chi connectivity index (χ2v) is 3.74. The zero-order chi connectivity index (χ0) is 11.7. The van der Waals surface area contributed by atoms with Crippen molar-refractivity contribution >= 4 is 29.5 Å². The number of aromatic nitrogens is 1. The van der Waals surface area contributed by atoms with Crippen LogP contribution in [0.25, 0.3) is 10.9 Å². The van der Waals surface area contributed by atoms with Crippen LogP contribution in [0.15, 0.2) is 29.2 Å². The summed E-state index contributed by atoms with van der Waals surface area (Å²) in [6.07, 6.45) is 0. The second kappa shape index (κ2) is 4.02. The van der Waals surface area contributed by atoms with Crippen LogP contribution in [-0.2, 0) is 0 Å². The first-order chi connectivity index (χ1) is 7.61. The van der Waals surface area contributed by atoms with Crippen LogP contribution in [0, 0.1) is 0 Å². The predicted octanol–water partition coefficient (Wildman–Crippen LogP) is 2.23. The summed E-state index contributed by atoms with van der Waals surface area (Å²) in [5.74, 6) is -0.944. The SMILES string of the molecule is COc1nc2cc(S)ccc2cc1C(=O)O. The molecule has 0 amide bonds. The van der Waals surface area contributed by atoms with Crippen molar-refractivity contribution in [3.8, 4) is 5.88 Å². The molecule has 0 saturated heterocycles. The van der Waals surface area contributed by atoms with Crippen LogP contribution in [0.5, 0.6) is 5.88 Å². The minimum Gasteiger partial charge on any atom is -0.480 e. The summed E-state index contributed by atoms with van der Waals surface area (Å²) >= 11 is 4.19. The van der Waals surface area contributed by atoms with E-state index < -0.39 is 5.97 Å². The van der Waals surface area contributed by atoms with Crippen molar-refractivity contribution in [1.82, 2.24) is 4.98 Å². The lowest BCUT2D eigenvalue weighted by molar-refractivity contribution is 0.0692. The standard InChI is InChI=1S/C11H9NO3S/c1-15-10-8(11(13)14)4-6-2-3-7(16)5-9(6)12-10/h2-5,16H,1H3,(H,13,14). The number of carbonyl (C=O) groups is 1. The van der Waals surface area contributed by atoms with Crippen LogP contribution in [0.2, 0.25) is 0 Å². The molecule has 5 heteroatoms. The number of rotatable bonds is 2. The largest absolute Gasteiger partial charge is 0.480 e. The molecule has 82 valence electrons. The van der Waals surface area contributed by atoms with Gasteiger partial charge in [0.2, 0.25) is 5.88 Å². The number of nitrogens with zero attached hydrogens (tertiary/aromatic N) is 1. The van der Waals surface area contributed by atoms with Gasteiger partial charge in [-0.05, 0) is 18.2 Å². The minimum atomic E-state index is -1.05. The van der Waals surface area contributed by atoms with Crippen molar-refractivity contribution in [2.24, 2.45) is 0 Å². The van der Waals surface area contributed by atoms with Gasteiger partial charge in [0.25, 0.3) is 0 Å². The third-order valence-electron chi connectivity index (χ3n) is 2.19. The lowest BCUT2D eigenvalue weighted by atomic mass is 10.1. The molecule has 0 bridgehead atoms. The van der Waals surface area contributed by atoms with Gasteiger partial charge >= 0.3 is 5.97 Å². The number of hydrogen-bond donors (Lipinski definition) is 2. The average molecular weight is 235 g/mol. The lowest BCUT2D eigenvalue weighted by Gasteiger charge is -2.06. The molecule has 0 fully saturated rings. The summed E-state index contributed by atoms with van der Waals surface area (Å²) in [5, 5.41) is 9.72. The number of carboxylic acids is 1. The summed E-state index contributed by atoms with van der Waals surface area (Å²) in [4.78, 5) is 15.8. The van der Waals surface area contributed by atoms with E-state index >= 15 is 0 Å². The van der Waals surface area contributed by atoms with Crippen molar-refractivity contribution in [2.75, 3.05) is 7.11 Å². The number of carboxylic acid groups (broad SMARTS) is 1. The Bertz CT molecular complexity index is 568. The van der Waals surface area contributed by atoms with Crippen LogP contribution in [0.3, 0.4) is 0 Å². The van der Waals surface area contributed by atoms with Crippen LogP contribution in [0.4, 0.5) is 0 Å². The summed E-state index contributed by atoms with van der Waals surface area (Å²) in [7, 11) is 1.39. The maximum atomic E-state index is 11.0. The van der Waals surface area contributed by atoms with Crippen LogP contribution in [0.1, 0.15) is 10.4 Å². The van der Waals surface area contributed by atoms with Gasteiger partial charge in [-0.25, -0.2) is 9.78 Å². The van der Waals surface area contributed by atoms with Crippen LogP contribution >= 0.6 is 12.6 Å². The molecule has 0 spiro atoms. The van der Waals surface area contributed by atoms with Crippen LogP contribution < -0.4 is 4.74 Å². The van der Waals surface area contributed by atoms with Gasteiger partial charge in [0.15, 0.2) is 0 Å². The Hall–Kier alpha value is -1.75. The molecule has 1 N–H and O–H groups in total. The third kappa shape index (κ3) is 1.81. The number of fused-ring (bicyclic) bond motifs is 1. The molecule has 0 atom stereocenters. The lowest BCUT2D eigenvalue weighted by Crippen LogP contribution is -2.02. The van der Waals surface area contributed by atoms with Gasteiger partial charge in [-0.3, -0.25) is 0 Å². The topological polar surface area (TPSA) is 59.4 Å². The number of hydrogen-bond acceptors (Lipinski definition) is 4. The third-order valence-corrected chi connectivity index (χ3v) is 2.47. The molecular formula is C11H9NO3S. The van der Waals surface area contributed by atoms with E-state index in [4.69, 9.17) is 9.84 Å². The van der Waals surface area contributed by atoms with Gasteiger partial charge in [-0.2, -0.15) is 0 Å². The van der Waals surface area contributed by atoms with E-state index in [0.717, 1.165) is 10.3 Å². The fraction of sp³-hybridized carbons (Fsp3) is 0.0909. The van der Waals surface area contributed by atoms with Gasteiger partial charge in [-0.15, -0.1) is 12.6 Å². The van der Waals surface area contributed by atoms with Crippen molar-refractivity contribution in [2.45, 2.75) is 4.90 Å². The summed E-state index contributed by atoms with van der Waals surface area (Å²) in [6.45, 7) is 0. The van der Waals surface area contributed by atoms with Gasteiger partial charge < -0.3 is 9.84 Å². The molecule has 1 aromatic heterocycles. The first kappa shape index (κ1) is 10.8. The number of ether oxygens (including phenoxy) is 1. The highest BCUT2D eigenvalue weighted by Crippen LogP contribution is 2.23. The van der Waals surface area contributed by atoms with Gasteiger partial charge in [0.1, 0.15) is 5.56 Å². The van der Waals surface area contributed by atoms with Crippen molar-refractivity contribution in [3.63, 3.8) is 0 Å². The average Bonchev–Trinajstić information content (AvgIpc) is 2.26. The Labute approximate surface area is 97.3 Å². The zero-order valence-corrected chi connectivity index (χ0v) is 9.36. The molecule has 0 aliphatic rings. The second-order valence-electron chi connectivity index (χ2n) is 3.23. The molecule has 0 unspecified atom stereocenters. The van der Waals surface area contributed by atoms with E-state index in [1.807, 2.05) is 0 Å². The Kier molecular flexibility index (Phi) is 2.70. The fourth-order valence-electron chi connectivity index (χ4n) is 1.45. The fourth-order valence-corrected chi connectivity index (χ4v) is 1.64. The minimum absolute atomic E-state index is 0.0573. The van der Waals surface area contributed by atoms with E-state index in [1.54, 1.807) is 18.2 Å².